The standard InChI is InChI=1S/C23H35N5OS/c1-17-18(2)30-23-21(17)22(24-20(25-23)16-26-7-3-4-8-26)28-9-5-6-19(15-28)14-27-10-12-29-13-11-27/h19H,3-16H2,1-2H3. The second kappa shape index (κ2) is 9.07. The number of rotatable bonds is 5. The highest BCUT2D eigenvalue weighted by Crippen LogP contribution is 2.36. The molecule has 0 spiro atoms. The predicted molar refractivity (Wildman–Crippen MR) is 124 cm³/mol. The molecule has 5 heterocycles. The van der Waals surface area contributed by atoms with Crippen LogP contribution in [0, 0.1) is 19.8 Å². The van der Waals surface area contributed by atoms with E-state index in [4.69, 9.17) is 14.7 Å². The Morgan fingerprint density at radius 2 is 1.77 bits per heavy atom. The molecule has 0 aliphatic carbocycles. The molecule has 0 N–H and O–H groups in total. The number of hydrogen-bond acceptors (Lipinski definition) is 7. The van der Waals surface area contributed by atoms with Gasteiger partial charge in [0.1, 0.15) is 16.5 Å². The van der Waals surface area contributed by atoms with E-state index in [1.807, 2.05) is 11.3 Å². The summed E-state index contributed by atoms with van der Waals surface area (Å²) in [6, 6.07) is 0. The van der Waals surface area contributed by atoms with Gasteiger partial charge in [-0.25, -0.2) is 9.97 Å². The number of aromatic nitrogens is 2. The summed E-state index contributed by atoms with van der Waals surface area (Å²) in [6.45, 7) is 15.1. The van der Waals surface area contributed by atoms with Gasteiger partial charge in [0.2, 0.25) is 0 Å². The minimum atomic E-state index is 0.712. The van der Waals surface area contributed by atoms with Crippen molar-refractivity contribution in [1.82, 2.24) is 19.8 Å². The van der Waals surface area contributed by atoms with Crippen molar-refractivity contribution in [2.24, 2.45) is 5.92 Å². The molecule has 3 aliphatic heterocycles. The average molecular weight is 430 g/mol. The lowest BCUT2D eigenvalue weighted by Crippen LogP contribution is -2.44. The average Bonchev–Trinajstić information content (AvgIpc) is 3.36. The van der Waals surface area contributed by atoms with Crippen LogP contribution < -0.4 is 4.90 Å². The van der Waals surface area contributed by atoms with Gasteiger partial charge in [0, 0.05) is 37.6 Å². The van der Waals surface area contributed by atoms with Crippen LogP contribution >= 0.6 is 11.3 Å². The summed E-state index contributed by atoms with van der Waals surface area (Å²) in [5, 5.41) is 1.30. The topological polar surface area (TPSA) is 44.7 Å². The van der Waals surface area contributed by atoms with E-state index in [-0.39, 0.29) is 0 Å². The highest BCUT2D eigenvalue weighted by molar-refractivity contribution is 7.18. The van der Waals surface area contributed by atoms with Crippen molar-refractivity contribution in [3.8, 4) is 0 Å². The lowest BCUT2D eigenvalue weighted by molar-refractivity contribution is 0.0296. The van der Waals surface area contributed by atoms with Gasteiger partial charge in [-0.2, -0.15) is 0 Å². The van der Waals surface area contributed by atoms with Crippen LogP contribution in [0.25, 0.3) is 10.2 Å². The number of nitrogens with zero attached hydrogens (tertiary/aromatic N) is 5. The minimum Gasteiger partial charge on any atom is -0.379 e. The first-order chi connectivity index (χ1) is 14.7. The Morgan fingerprint density at radius 3 is 2.57 bits per heavy atom. The van der Waals surface area contributed by atoms with Gasteiger partial charge < -0.3 is 9.64 Å². The van der Waals surface area contributed by atoms with Crippen LogP contribution in [-0.2, 0) is 11.3 Å². The summed E-state index contributed by atoms with van der Waals surface area (Å²) < 4.78 is 5.54. The van der Waals surface area contributed by atoms with Crippen molar-refractivity contribution in [3.05, 3.63) is 16.3 Å². The third-order valence-electron chi connectivity index (χ3n) is 7.06. The van der Waals surface area contributed by atoms with Crippen LogP contribution in [0.15, 0.2) is 0 Å². The van der Waals surface area contributed by atoms with E-state index in [1.165, 1.54) is 71.8 Å². The fourth-order valence-corrected chi connectivity index (χ4v) is 6.31. The third-order valence-corrected chi connectivity index (χ3v) is 8.16. The zero-order chi connectivity index (χ0) is 20.5. The Labute approximate surface area is 184 Å². The first-order valence-corrected chi connectivity index (χ1v) is 12.5. The molecule has 0 saturated carbocycles. The zero-order valence-corrected chi connectivity index (χ0v) is 19.3. The van der Waals surface area contributed by atoms with Gasteiger partial charge in [0.15, 0.2) is 0 Å². The second-order valence-electron chi connectivity index (χ2n) is 9.28. The molecule has 0 aromatic carbocycles. The number of morpholine rings is 1. The molecule has 2 aromatic heterocycles. The van der Waals surface area contributed by atoms with Crippen LogP contribution in [0.3, 0.4) is 0 Å². The number of piperidine rings is 1. The van der Waals surface area contributed by atoms with Crippen molar-refractivity contribution in [2.75, 3.05) is 63.9 Å². The molecule has 3 aliphatic rings. The molecular formula is C23H35N5OS. The molecule has 1 atom stereocenters. The lowest BCUT2D eigenvalue weighted by atomic mass is 9.97. The molecular weight excluding hydrogens is 394 g/mol. The Hall–Kier alpha value is -1.28. The summed E-state index contributed by atoms with van der Waals surface area (Å²) in [4.78, 5) is 20.4. The van der Waals surface area contributed by atoms with Crippen molar-refractivity contribution < 1.29 is 4.74 Å². The molecule has 3 fully saturated rings. The second-order valence-corrected chi connectivity index (χ2v) is 10.5. The first-order valence-electron chi connectivity index (χ1n) is 11.7. The minimum absolute atomic E-state index is 0.712. The Bertz CT molecular complexity index is 872. The monoisotopic (exact) mass is 429 g/mol. The van der Waals surface area contributed by atoms with Gasteiger partial charge in [0.05, 0.1) is 25.1 Å². The zero-order valence-electron chi connectivity index (χ0n) is 18.5. The summed E-state index contributed by atoms with van der Waals surface area (Å²) in [5.41, 5.74) is 1.37. The molecule has 5 rings (SSSR count). The summed E-state index contributed by atoms with van der Waals surface area (Å²) >= 11 is 1.84. The maximum Gasteiger partial charge on any atom is 0.146 e. The number of fused-ring (bicyclic) bond motifs is 1. The van der Waals surface area contributed by atoms with Crippen LogP contribution in [-0.4, -0.2) is 78.8 Å². The summed E-state index contributed by atoms with van der Waals surface area (Å²) in [5.74, 6) is 2.92. The van der Waals surface area contributed by atoms with Crippen molar-refractivity contribution >= 4 is 27.4 Å². The van der Waals surface area contributed by atoms with Gasteiger partial charge in [-0.1, -0.05) is 0 Å². The van der Waals surface area contributed by atoms with Crippen molar-refractivity contribution in [3.63, 3.8) is 0 Å². The normalized spacial score (nSPS) is 24.2. The van der Waals surface area contributed by atoms with Crippen molar-refractivity contribution in [2.45, 2.75) is 46.1 Å². The Balaban J connectivity index is 1.40. The molecule has 2 aromatic rings. The van der Waals surface area contributed by atoms with Gasteiger partial charge >= 0.3 is 0 Å². The SMILES string of the molecule is Cc1sc2nc(CN3CCCC3)nc(N3CCCC(CN4CCOCC4)C3)c2c1C. The number of ether oxygens (including phenoxy) is 1. The van der Waals surface area contributed by atoms with E-state index in [2.05, 4.69) is 28.5 Å². The van der Waals surface area contributed by atoms with Gasteiger partial charge in [-0.3, -0.25) is 9.80 Å². The molecule has 3 saturated heterocycles. The molecule has 1 unspecified atom stereocenters. The lowest BCUT2D eigenvalue weighted by Gasteiger charge is -2.37. The summed E-state index contributed by atoms with van der Waals surface area (Å²) in [7, 11) is 0. The number of aryl methyl sites for hydroxylation is 2. The Morgan fingerprint density at radius 1 is 0.967 bits per heavy atom. The smallest absolute Gasteiger partial charge is 0.146 e. The molecule has 0 radical (unpaired) electrons. The van der Waals surface area contributed by atoms with E-state index in [9.17, 15) is 0 Å². The van der Waals surface area contributed by atoms with Crippen molar-refractivity contribution in [1.29, 1.82) is 0 Å². The van der Waals surface area contributed by atoms with Crippen LogP contribution in [0.4, 0.5) is 5.82 Å². The number of likely N-dealkylation sites (tertiary alicyclic amines) is 1. The molecule has 0 amide bonds. The van der Waals surface area contributed by atoms with E-state index < -0.39 is 0 Å². The molecule has 30 heavy (non-hydrogen) atoms. The van der Waals surface area contributed by atoms with Gasteiger partial charge in [-0.15, -0.1) is 11.3 Å². The van der Waals surface area contributed by atoms with Crippen LogP contribution in [0.2, 0.25) is 0 Å². The third kappa shape index (κ3) is 4.35. The quantitative estimate of drug-likeness (QED) is 0.725. The van der Waals surface area contributed by atoms with Crippen LogP contribution in [0.1, 0.15) is 41.9 Å². The van der Waals surface area contributed by atoms with E-state index in [1.54, 1.807) is 0 Å². The molecule has 6 nitrogen and oxygen atoms in total. The largest absolute Gasteiger partial charge is 0.379 e. The maximum absolute atomic E-state index is 5.54. The first kappa shape index (κ1) is 20.6. The fraction of sp³-hybridized carbons (Fsp3) is 0.739. The highest BCUT2D eigenvalue weighted by atomic mass is 32.1. The fourth-order valence-electron chi connectivity index (χ4n) is 5.27. The maximum atomic E-state index is 5.54. The number of thiophene rings is 1. The number of hydrogen-bond donors (Lipinski definition) is 0. The Kier molecular flexibility index (Phi) is 6.23. The van der Waals surface area contributed by atoms with Crippen LogP contribution in [0.5, 0.6) is 0 Å². The summed E-state index contributed by atoms with van der Waals surface area (Å²) in [6.07, 6.45) is 5.19. The van der Waals surface area contributed by atoms with Gasteiger partial charge in [0.25, 0.3) is 0 Å². The van der Waals surface area contributed by atoms with E-state index in [0.29, 0.717) is 5.92 Å². The molecule has 164 valence electrons. The van der Waals surface area contributed by atoms with E-state index in [0.717, 1.165) is 51.8 Å². The number of anilines is 1. The highest BCUT2D eigenvalue weighted by Gasteiger charge is 2.27. The van der Waals surface area contributed by atoms with E-state index >= 15 is 0 Å². The molecule has 7 heteroatoms. The predicted octanol–water partition coefficient (Wildman–Crippen LogP) is 3.45. The van der Waals surface area contributed by atoms with Gasteiger partial charge in [-0.05, 0) is 64.1 Å². The molecule has 0 bridgehead atoms.